The number of hydrazine groups is 1. The zero-order valence-electron chi connectivity index (χ0n) is 35.6. The molecular weight excluding hydrogens is 858 g/mol. The molecule has 2 unspecified atom stereocenters. The lowest BCUT2D eigenvalue weighted by atomic mass is 9.66. The van der Waals surface area contributed by atoms with E-state index in [1.54, 1.807) is 48.5 Å². The van der Waals surface area contributed by atoms with Crippen molar-refractivity contribution in [2.75, 3.05) is 62.5 Å². The summed E-state index contributed by atoms with van der Waals surface area (Å²) in [5.74, 6) is 0.0745. The minimum Gasteiger partial charge on any atom is -0.491 e. The van der Waals surface area contributed by atoms with E-state index in [0.29, 0.717) is 75.5 Å². The third-order valence-electron chi connectivity index (χ3n) is 12.4. The number of halogens is 4. The molecule has 2 saturated heterocycles. The van der Waals surface area contributed by atoms with Crippen molar-refractivity contribution in [1.29, 1.82) is 0 Å². The van der Waals surface area contributed by atoms with Gasteiger partial charge >= 0.3 is 12.1 Å². The molecular formula is C46H56Cl3FN6O6. The van der Waals surface area contributed by atoms with Gasteiger partial charge in [0, 0.05) is 65.2 Å². The molecule has 2 atom stereocenters. The highest BCUT2D eigenvalue weighted by atomic mass is 35.5. The number of nitrogens with zero attached hydrogens (tertiary/aromatic N) is 4. The highest BCUT2D eigenvalue weighted by molar-refractivity contribution is 6.31. The highest BCUT2D eigenvalue weighted by Crippen LogP contribution is 2.47. The molecule has 2 fully saturated rings. The van der Waals surface area contributed by atoms with Gasteiger partial charge in [0.2, 0.25) is 0 Å². The number of urea groups is 2. The van der Waals surface area contributed by atoms with Gasteiger partial charge in [-0.05, 0) is 97.5 Å². The first-order valence-corrected chi connectivity index (χ1v) is 21.8. The van der Waals surface area contributed by atoms with Crippen LogP contribution in [0.2, 0.25) is 15.1 Å². The van der Waals surface area contributed by atoms with Crippen molar-refractivity contribution < 1.29 is 33.7 Å². The van der Waals surface area contributed by atoms with Crippen molar-refractivity contribution in [3.05, 3.63) is 117 Å². The van der Waals surface area contributed by atoms with Crippen LogP contribution in [0.5, 0.6) is 11.5 Å². The predicted octanol–water partition coefficient (Wildman–Crippen LogP) is 8.95. The maximum Gasteiger partial charge on any atom is 0.338 e. The van der Waals surface area contributed by atoms with Crippen molar-refractivity contribution in [1.82, 2.24) is 9.80 Å². The van der Waals surface area contributed by atoms with Gasteiger partial charge in [-0.3, -0.25) is 0 Å². The van der Waals surface area contributed by atoms with E-state index in [9.17, 15) is 24.2 Å². The predicted molar refractivity (Wildman–Crippen MR) is 243 cm³/mol. The van der Waals surface area contributed by atoms with Crippen LogP contribution in [0.25, 0.3) is 0 Å². The Morgan fingerprint density at radius 3 is 1.39 bits per heavy atom. The van der Waals surface area contributed by atoms with Crippen LogP contribution in [-0.2, 0) is 11.2 Å². The van der Waals surface area contributed by atoms with Gasteiger partial charge in [0.05, 0.1) is 24.4 Å². The first kappa shape index (κ1) is 47.1. The normalized spacial score (nSPS) is 21.3. The van der Waals surface area contributed by atoms with Gasteiger partial charge in [-0.2, -0.15) is 10.0 Å². The lowest BCUT2D eigenvalue weighted by Gasteiger charge is -2.50. The van der Waals surface area contributed by atoms with Crippen LogP contribution in [-0.4, -0.2) is 84.6 Å². The number of nitrogens with two attached hydrogens (primary N) is 2. The number of hydrogen-bond donors (Lipinski definition) is 4. The molecule has 2 heterocycles. The fourth-order valence-corrected chi connectivity index (χ4v) is 9.36. The quantitative estimate of drug-likeness (QED) is 0.0722. The fourth-order valence-electron chi connectivity index (χ4n) is 8.90. The first-order valence-electron chi connectivity index (χ1n) is 20.7. The number of anilines is 2. The summed E-state index contributed by atoms with van der Waals surface area (Å²) in [6.45, 7) is 12.4. The Morgan fingerprint density at radius 2 is 1.02 bits per heavy atom. The second kappa shape index (κ2) is 19.2. The Bertz CT molecular complexity index is 2060. The van der Waals surface area contributed by atoms with Crippen LogP contribution in [0, 0.1) is 16.6 Å². The number of hydrogen-bond acceptors (Lipinski definition) is 8. The molecule has 2 aliphatic heterocycles. The van der Waals surface area contributed by atoms with Crippen LogP contribution in [0.4, 0.5) is 25.4 Å². The number of aliphatic hydroxyl groups is 2. The summed E-state index contributed by atoms with van der Waals surface area (Å²) in [6, 6.07) is 20.5. The number of amides is 4. The van der Waals surface area contributed by atoms with E-state index >= 15 is 0 Å². The summed E-state index contributed by atoms with van der Waals surface area (Å²) >= 11 is 19.0. The van der Waals surface area contributed by atoms with Crippen LogP contribution in [0.1, 0.15) is 64.5 Å². The largest absolute Gasteiger partial charge is 0.491 e. The highest BCUT2D eigenvalue weighted by Gasteiger charge is 2.49. The molecule has 0 spiro atoms. The van der Waals surface area contributed by atoms with E-state index in [0.717, 1.165) is 15.6 Å². The topological polar surface area (TPSA) is 158 Å². The van der Waals surface area contributed by atoms with E-state index < -0.39 is 34.1 Å². The number of rotatable bonds is 14. The number of piperidine rings is 2. The van der Waals surface area contributed by atoms with Gasteiger partial charge < -0.3 is 41.0 Å². The lowest BCUT2D eigenvalue weighted by molar-refractivity contribution is -0.125. The second-order valence-electron chi connectivity index (χ2n) is 17.5. The summed E-state index contributed by atoms with van der Waals surface area (Å²) in [5.41, 5.74) is 10.5. The third-order valence-corrected chi connectivity index (χ3v) is 13.1. The van der Waals surface area contributed by atoms with Gasteiger partial charge in [-0.15, -0.1) is 0 Å². The lowest BCUT2D eigenvalue weighted by Crippen LogP contribution is -2.55. The minimum absolute atomic E-state index is 0.0597. The molecule has 2 aliphatic rings. The van der Waals surface area contributed by atoms with Crippen molar-refractivity contribution >= 4 is 58.2 Å². The van der Waals surface area contributed by atoms with Gasteiger partial charge in [0.15, 0.2) is 0 Å². The third kappa shape index (κ3) is 10.2. The molecule has 4 aromatic rings. The molecule has 16 heteroatoms. The molecule has 12 nitrogen and oxygen atoms in total. The van der Waals surface area contributed by atoms with E-state index in [-0.39, 0.29) is 52.0 Å². The van der Waals surface area contributed by atoms with Crippen LogP contribution < -0.4 is 31.0 Å². The molecule has 6 rings (SSSR count). The molecule has 4 amide bonds. The number of primary amides is 2. The van der Waals surface area contributed by atoms with Gasteiger partial charge in [-0.1, -0.05) is 86.8 Å². The van der Waals surface area contributed by atoms with E-state index in [1.807, 2.05) is 26.0 Å². The zero-order valence-corrected chi connectivity index (χ0v) is 37.8. The van der Waals surface area contributed by atoms with Crippen molar-refractivity contribution in [2.45, 2.75) is 64.6 Å². The first-order chi connectivity index (χ1) is 29.2. The molecule has 0 aliphatic carbocycles. The summed E-state index contributed by atoms with van der Waals surface area (Å²) in [4.78, 5) is 31.2. The molecule has 0 bridgehead atoms. The van der Waals surface area contributed by atoms with Gasteiger partial charge in [0.25, 0.3) is 0 Å². The molecule has 334 valence electrons. The molecule has 0 aromatic heterocycles. The van der Waals surface area contributed by atoms with Gasteiger partial charge in [-0.25, -0.2) is 14.0 Å². The second-order valence-corrected chi connectivity index (χ2v) is 18.8. The van der Waals surface area contributed by atoms with Crippen molar-refractivity contribution in [3.8, 4) is 11.5 Å². The van der Waals surface area contributed by atoms with E-state index in [2.05, 4.69) is 23.6 Å². The van der Waals surface area contributed by atoms with E-state index in [1.165, 1.54) is 24.3 Å². The standard InChI is InChI=1S/C46H56Cl3FN6O6/c1-43(2)29-53(23-19-45(43,59)31-7-11-33(47)12-8-31)21-5-25-61-39-17-13-34(48)27-37(39)55(41(51)57)56(42(52)58)38-28-35(49)14-18-40(38)62-26-6-22-54-24-20-46(60,44(3,4)30-54)32-9-15-36(50)16-10-32/h7-18,27-28,59-60H,5-6,19-26,29-30H2,1-4H3,(H2,51,57)(H2,52,58). The van der Waals surface area contributed by atoms with Crippen LogP contribution in [0.15, 0.2) is 84.9 Å². The number of ether oxygens (including phenoxy) is 2. The Kier molecular flexibility index (Phi) is 14.6. The molecule has 0 saturated carbocycles. The molecule has 0 radical (unpaired) electrons. The molecule has 4 aromatic carbocycles. The maximum absolute atomic E-state index is 13.6. The van der Waals surface area contributed by atoms with Crippen molar-refractivity contribution in [2.24, 2.45) is 22.3 Å². The summed E-state index contributed by atoms with van der Waals surface area (Å²) in [6.07, 6.45) is 2.18. The Morgan fingerprint density at radius 1 is 0.645 bits per heavy atom. The monoisotopic (exact) mass is 912 g/mol. The molecule has 6 N–H and O–H groups in total. The SMILES string of the molecule is CC1(C)CN(CCCOc2ccc(Cl)cc2N(C(N)=O)N(C(N)=O)c2cc(Cl)ccc2OCCCN2CCC(O)(c3ccc(Cl)cc3)C(C)(C)C2)CCC1(O)c1ccc(F)cc1. The number of carbonyl (C=O) groups excluding carboxylic acids is 2. The Labute approximate surface area is 378 Å². The fraction of sp³-hybridized carbons (Fsp3) is 0.435. The van der Waals surface area contributed by atoms with Crippen LogP contribution in [0.3, 0.4) is 0 Å². The Hall–Kier alpha value is -4.34. The zero-order chi connectivity index (χ0) is 45.0. The molecule has 62 heavy (non-hydrogen) atoms. The number of likely N-dealkylation sites (tertiary alicyclic amines) is 2. The summed E-state index contributed by atoms with van der Waals surface area (Å²) in [7, 11) is 0. The number of carbonyl (C=O) groups is 2. The Balaban J connectivity index is 1.11. The van der Waals surface area contributed by atoms with Gasteiger partial charge in [0.1, 0.15) is 28.7 Å². The van der Waals surface area contributed by atoms with E-state index in [4.69, 9.17) is 55.7 Å². The smallest absolute Gasteiger partial charge is 0.338 e. The maximum atomic E-state index is 13.6. The average molecular weight is 914 g/mol. The summed E-state index contributed by atoms with van der Waals surface area (Å²) < 4.78 is 26.1. The number of benzene rings is 4. The minimum atomic E-state index is -1.12. The van der Waals surface area contributed by atoms with Crippen molar-refractivity contribution in [3.63, 3.8) is 0 Å². The summed E-state index contributed by atoms with van der Waals surface area (Å²) in [5, 5.41) is 26.4. The average Bonchev–Trinajstić information content (AvgIpc) is 3.20. The van der Waals surface area contributed by atoms with Crippen LogP contribution >= 0.6 is 34.8 Å².